The van der Waals surface area contributed by atoms with Gasteiger partial charge in [-0.2, -0.15) is 13.2 Å². The van der Waals surface area contributed by atoms with Crippen molar-refractivity contribution in [2.45, 2.75) is 12.3 Å². The summed E-state index contributed by atoms with van der Waals surface area (Å²) in [6, 6.07) is 4.54. The van der Waals surface area contributed by atoms with E-state index in [9.17, 15) is 13.2 Å². The second-order valence-corrected chi connectivity index (χ2v) is 3.03. The Labute approximate surface area is 85.3 Å². The quantitative estimate of drug-likeness (QED) is 0.847. The highest BCUT2D eigenvalue weighted by molar-refractivity contribution is 5.26. The van der Waals surface area contributed by atoms with Gasteiger partial charge in [0.15, 0.2) is 0 Å². The molecule has 0 fully saturated rings. The molecule has 0 aliphatic rings. The maximum Gasteiger partial charge on any atom is 0.416 e. The van der Waals surface area contributed by atoms with Crippen LogP contribution >= 0.6 is 0 Å². The maximum absolute atomic E-state index is 12.2. The number of aliphatic hydroxyl groups excluding tert-OH is 1. The molecule has 1 aromatic carbocycles. The van der Waals surface area contributed by atoms with E-state index in [0.717, 1.165) is 12.1 Å². The molecule has 0 amide bonds. The van der Waals surface area contributed by atoms with Crippen molar-refractivity contribution >= 4 is 0 Å². The molecule has 0 saturated carbocycles. The molecule has 0 radical (unpaired) electrons. The summed E-state index contributed by atoms with van der Waals surface area (Å²) in [5.41, 5.74) is -0.188. The highest BCUT2D eigenvalue weighted by atomic mass is 19.4. The van der Waals surface area contributed by atoms with E-state index in [1.165, 1.54) is 19.2 Å². The molecular weight excluding hydrogens is 209 g/mol. The molecule has 0 aliphatic carbocycles. The number of rotatable bonds is 3. The zero-order valence-corrected chi connectivity index (χ0v) is 8.08. The molecule has 1 unspecified atom stereocenters. The minimum absolute atomic E-state index is 0.262. The third-order valence-corrected chi connectivity index (χ3v) is 2.06. The summed E-state index contributed by atoms with van der Waals surface area (Å²) < 4.78 is 41.5. The van der Waals surface area contributed by atoms with Gasteiger partial charge in [0.1, 0.15) is 6.10 Å². The highest BCUT2D eigenvalue weighted by Gasteiger charge is 2.30. The van der Waals surface area contributed by atoms with Crippen molar-refractivity contribution in [3.63, 3.8) is 0 Å². The number of alkyl halides is 3. The summed E-state index contributed by atoms with van der Waals surface area (Å²) in [7, 11) is 1.39. The molecule has 0 saturated heterocycles. The number of hydrogen-bond acceptors (Lipinski definition) is 2. The molecule has 2 nitrogen and oxygen atoms in total. The summed E-state index contributed by atoms with van der Waals surface area (Å²) >= 11 is 0. The lowest BCUT2D eigenvalue weighted by Gasteiger charge is -2.13. The molecule has 5 heteroatoms. The Bertz CT molecular complexity index is 301. The lowest BCUT2D eigenvalue weighted by Crippen LogP contribution is -2.08. The fourth-order valence-corrected chi connectivity index (χ4v) is 1.20. The predicted molar refractivity (Wildman–Crippen MR) is 48.3 cm³/mol. The van der Waals surface area contributed by atoms with Gasteiger partial charge in [-0.3, -0.25) is 0 Å². The molecular formula is C10H11F3O2. The second-order valence-electron chi connectivity index (χ2n) is 3.03. The Hall–Kier alpha value is -1.07. The van der Waals surface area contributed by atoms with E-state index < -0.39 is 17.8 Å². The Morgan fingerprint density at radius 2 is 1.80 bits per heavy atom. The monoisotopic (exact) mass is 220 g/mol. The topological polar surface area (TPSA) is 29.5 Å². The number of benzene rings is 1. The molecule has 0 spiro atoms. The van der Waals surface area contributed by atoms with Crippen LogP contribution in [0.1, 0.15) is 17.2 Å². The van der Waals surface area contributed by atoms with Crippen LogP contribution < -0.4 is 0 Å². The maximum atomic E-state index is 12.2. The molecule has 1 N–H and O–H groups in total. The van der Waals surface area contributed by atoms with Crippen LogP contribution in [-0.2, 0) is 10.9 Å². The summed E-state index contributed by atoms with van der Waals surface area (Å²) in [5.74, 6) is 0. The summed E-state index contributed by atoms with van der Waals surface area (Å²) in [6.45, 7) is -0.262. The number of hydrogen-bond donors (Lipinski definition) is 1. The van der Waals surface area contributed by atoms with Crippen molar-refractivity contribution in [2.24, 2.45) is 0 Å². The molecule has 1 rings (SSSR count). The molecule has 84 valence electrons. The van der Waals surface area contributed by atoms with Crippen LogP contribution in [0.4, 0.5) is 13.2 Å². The highest BCUT2D eigenvalue weighted by Crippen LogP contribution is 2.30. The van der Waals surface area contributed by atoms with Crippen LogP contribution in [0.3, 0.4) is 0 Å². The number of methoxy groups -OCH3 is 1. The first-order valence-electron chi connectivity index (χ1n) is 4.30. The van der Waals surface area contributed by atoms with Crippen molar-refractivity contribution < 1.29 is 23.0 Å². The number of aliphatic hydroxyl groups is 1. The van der Waals surface area contributed by atoms with E-state index >= 15 is 0 Å². The Morgan fingerprint density at radius 3 is 2.13 bits per heavy atom. The molecule has 1 atom stereocenters. The van der Waals surface area contributed by atoms with Gasteiger partial charge in [0.05, 0.1) is 12.2 Å². The third kappa shape index (κ3) is 2.94. The van der Waals surface area contributed by atoms with Gasteiger partial charge in [0, 0.05) is 7.11 Å². The summed E-state index contributed by atoms with van der Waals surface area (Å²) in [5, 5.41) is 8.86. The zero-order valence-electron chi connectivity index (χ0n) is 8.08. The minimum atomic E-state index is -4.33. The van der Waals surface area contributed by atoms with Gasteiger partial charge in [0.25, 0.3) is 0 Å². The Morgan fingerprint density at radius 1 is 1.27 bits per heavy atom. The second kappa shape index (κ2) is 4.63. The van der Waals surface area contributed by atoms with Crippen LogP contribution in [-0.4, -0.2) is 18.8 Å². The van der Waals surface area contributed by atoms with Crippen molar-refractivity contribution in [1.82, 2.24) is 0 Å². The first-order chi connectivity index (χ1) is 6.99. The number of ether oxygens (including phenoxy) is 1. The average molecular weight is 220 g/mol. The van der Waals surface area contributed by atoms with Gasteiger partial charge >= 0.3 is 6.18 Å². The van der Waals surface area contributed by atoms with Crippen LogP contribution in [0, 0.1) is 0 Å². The summed E-state index contributed by atoms with van der Waals surface area (Å²) in [4.78, 5) is 0. The lowest BCUT2D eigenvalue weighted by atomic mass is 10.1. The molecule has 0 heterocycles. The molecule has 0 aromatic heterocycles. The van der Waals surface area contributed by atoms with Crippen LogP contribution in [0.2, 0.25) is 0 Å². The van der Waals surface area contributed by atoms with E-state index in [1.807, 2.05) is 0 Å². The molecule has 0 bridgehead atoms. The SMILES string of the molecule is COC(CO)c1ccc(C(F)(F)F)cc1. The standard InChI is InChI=1S/C10H11F3O2/c1-15-9(6-14)7-2-4-8(5-3-7)10(11,12)13/h2-5,9,14H,6H2,1H3. The first kappa shape index (κ1) is 12.0. The van der Waals surface area contributed by atoms with Gasteiger partial charge in [-0.25, -0.2) is 0 Å². The first-order valence-corrected chi connectivity index (χ1v) is 4.30. The van der Waals surface area contributed by atoms with Crippen LogP contribution in [0.15, 0.2) is 24.3 Å². The largest absolute Gasteiger partial charge is 0.416 e. The van der Waals surface area contributed by atoms with Gasteiger partial charge in [-0.05, 0) is 17.7 Å². The smallest absolute Gasteiger partial charge is 0.393 e. The van der Waals surface area contributed by atoms with Crippen molar-refractivity contribution in [3.05, 3.63) is 35.4 Å². The fourth-order valence-electron chi connectivity index (χ4n) is 1.20. The van der Waals surface area contributed by atoms with Gasteiger partial charge in [-0.1, -0.05) is 12.1 Å². The fraction of sp³-hybridized carbons (Fsp3) is 0.400. The Balaban J connectivity index is 2.89. The van der Waals surface area contributed by atoms with Crippen molar-refractivity contribution in [1.29, 1.82) is 0 Å². The lowest BCUT2D eigenvalue weighted by molar-refractivity contribution is -0.137. The minimum Gasteiger partial charge on any atom is -0.393 e. The zero-order chi connectivity index (χ0) is 11.5. The summed E-state index contributed by atoms with van der Waals surface area (Å²) in [6.07, 6.45) is -4.91. The van der Waals surface area contributed by atoms with Gasteiger partial charge in [0.2, 0.25) is 0 Å². The van der Waals surface area contributed by atoms with Crippen molar-refractivity contribution in [3.8, 4) is 0 Å². The van der Waals surface area contributed by atoms with Gasteiger partial charge in [-0.15, -0.1) is 0 Å². The average Bonchev–Trinajstić information content (AvgIpc) is 2.19. The normalized spacial score (nSPS) is 13.9. The van der Waals surface area contributed by atoms with E-state index in [2.05, 4.69) is 0 Å². The molecule has 15 heavy (non-hydrogen) atoms. The third-order valence-electron chi connectivity index (χ3n) is 2.06. The molecule has 1 aromatic rings. The van der Waals surface area contributed by atoms with Crippen LogP contribution in [0.5, 0.6) is 0 Å². The predicted octanol–water partition coefficient (Wildman–Crippen LogP) is 2.39. The van der Waals surface area contributed by atoms with E-state index in [4.69, 9.17) is 9.84 Å². The van der Waals surface area contributed by atoms with Gasteiger partial charge < -0.3 is 9.84 Å². The Kier molecular flexibility index (Phi) is 3.71. The van der Waals surface area contributed by atoms with E-state index in [-0.39, 0.29) is 6.61 Å². The van der Waals surface area contributed by atoms with E-state index in [1.54, 1.807) is 0 Å². The van der Waals surface area contributed by atoms with Crippen molar-refractivity contribution in [2.75, 3.05) is 13.7 Å². The van der Waals surface area contributed by atoms with E-state index in [0.29, 0.717) is 5.56 Å². The van der Waals surface area contributed by atoms with Crippen LogP contribution in [0.25, 0.3) is 0 Å². The number of halogens is 3. The molecule has 0 aliphatic heterocycles.